The molecule has 1 aromatic rings. The van der Waals surface area contributed by atoms with Crippen LogP contribution in [0.15, 0.2) is 24.3 Å². The molecule has 1 aromatic carbocycles. The van der Waals surface area contributed by atoms with Crippen molar-refractivity contribution in [2.45, 2.75) is 43.9 Å². The van der Waals surface area contributed by atoms with Gasteiger partial charge in [-0.15, -0.1) is 0 Å². The fraction of sp³-hybridized carbons (Fsp3) is 0.600. The van der Waals surface area contributed by atoms with E-state index in [4.69, 9.17) is 4.74 Å². The summed E-state index contributed by atoms with van der Waals surface area (Å²) < 4.78 is 6.38. The maximum atomic E-state index is 6.38. The average Bonchev–Trinajstić information content (AvgIpc) is 3.22. The van der Waals surface area contributed by atoms with Crippen LogP contribution in [0.5, 0.6) is 0 Å². The van der Waals surface area contributed by atoms with Crippen molar-refractivity contribution >= 4 is 0 Å². The van der Waals surface area contributed by atoms with Gasteiger partial charge in [-0.1, -0.05) is 24.3 Å². The van der Waals surface area contributed by atoms with Crippen LogP contribution < -0.4 is 5.32 Å². The largest absolute Gasteiger partial charge is 0.367 e. The van der Waals surface area contributed by atoms with E-state index in [0.29, 0.717) is 18.2 Å². The Morgan fingerprint density at radius 3 is 2.88 bits per heavy atom. The Morgan fingerprint density at radius 1 is 1.12 bits per heavy atom. The van der Waals surface area contributed by atoms with E-state index in [2.05, 4.69) is 29.6 Å². The molecular formula is C15H19NO. The molecule has 1 aliphatic heterocycles. The van der Waals surface area contributed by atoms with Crippen molar-refractivity contribution in [3.05, 3.63) is 35.4 Å². The van der Waals surface area contributed by atoms with Crippen LogP contribution >= 0.6 is 0 Å². The zero-order valence-corrected chi connectivity index (χ0v) is 10.1. The molecule has 0 amide bonds. The molecule has 2 fully saturated rings. The lowest BCUT2D eigenvalue weighted by atomic mass is 9.84. The van der Waals surface area contributed by atoms with Crippen molar-refractivity contribution in [2.24, 2.45) is 5.92 Å². The highest BCUT2D eigenvalue weighted by atomic mass is 16.5. The molecule has 4 rings (SSSR count). The number of rotatable bonds is 1. The molecule has 0 bridgehead atoms. The summed E-state index contributed by atoms with van der Waals surface area (Å²) in [7, 11) is 0. The van der Waals surface area contributed by atoms with Gasteiger partial charge in [0, 0.05) is 12.6 Å². The maximum Gasteiger partial charge on any atom is 0.0985 e. The summed E-state index contributed by atoms with van der Waals surface area (Å²) in [5.74, 6) is 0.831. The SMILES string of the molecule is c1ccc2c(c1)CCC1NCC(C3CC3)OC21. The van der Waals surface area contributed by atoms with E-state index in [1.807, 2.05) is 0 Å². The first-order valence-corrected chi connectivity index (χ1v) is 6.88. The number of nitrogens with one attached hydrogen (secondary N) is 1. The third-order valence-corrected chi connectivity index (χ3v) is 4.50. The molecule has 0 aromatic heterocycles. The summed E-state index contributed by atoms with van der Waals surface area (Å²) in [5.41, 5.74) is 2.92. The Kier molecular flexibility index (Phi) is 2.27. The lowest BCUT2D eigenvalue weighted by molar-refractivity contribution is -0.0796. The van der Waals surface area contributed by atoms with Crippen LogP contribution in [0.2, 0.25) is 0 Å². The summed E-state index contributed by atoms with van der Waals surface area (Å²) in [5, 5.41) is 3.71. The van der Waals surface area contributed by atoms with Gasteiger partial charge in [-0.25, -0.2) is 0 Å². The van der Waals surface area contributed by atoms with Crippen molar-refractivity contribution in [1.82, 2.24) is 5.32 Å². The van der Waals surface area contributed by atoms with E-state index < -0.39 is 0 Å². The zero-order valence-electron chi connectivity index (χ0n) is 10.1. The van der Waals surface area contributed by atoms with Crippen LogP contribution in [-0.2, 0) is 11.2 Å². The molecule has 1 saturated heterocycles. The van der Waals surface area contributed by atoms with Crippen molar-refractivity contribution in [2.75, 3.05) is 6.54 Å². The average molecular weight is 229 g/mol. The van der Waals surface area contributed by atoms with Crippen LogP contribution in [0, 0.1) is 5.92 Å². The van der Waals surface area contributed by atoms with Crippen molar-refractivity contribution < 1.29 is 4.74 Å². The second-order valence-electron chi connectivity index (χ2n) is 5.68. The molecule has 3 aliphatic rings. The maximum absolute atomic E-state index is 6.38. The fourth-order valence-electron chi connectivity index (χ4n) is 3.35. The molecule has 17 heavy (non-hydrogen) atoms. The van der Waals surface area contributed by atoms with Crippen molar-refractivity contribution in [3.63, 3.8) is 0 Å². The molecule has 0 radical (unpaired) electrons. The van der Waals surface area contributed by atoms with Gasteiger partial charge in [0.2, 0.25) is 0 Å². The number of aryl methyl sites for hydroxylation is 1. The van der Waals surface area contributed by atoms with Gasteiger partial charge in [0.15, 0.2) is 0 Å². The zero-order chi connectivity index (χ0) is 11.2. The summed E-state index contributed by atoms with van der Waals surface area (Å²) in [6.45, 7) is 1.06. The summed E-state index contributed by atoms with van der Waals surface area (Å²) >= 11 is 0. The minimum Gasteiger partial charge on any atom is -0.367 e. The van der Waals surface area contributed by atoms with Crippen LogP contribution in [0.1, 0.15) is 36.5 Å². The molecule has 2 nitrogen and oxygen atoms in total. The number of hydrogen-bond donors (Lipinski definition) is 1. The van der Waals surface area contributed by atoms with E-state index in [1.165, 1.54) is 36.8 Å². The minimum absolute atomic E-state index is 0.305. The quantitative estimate of drug-likeness (QED) is 0.798. The Balaban J connectivity index is 1.64. The first-order valence-electron chi connectivity index (χ1n) is 6.88. The topological polar surface area (TPSA) is 21.3 Å². The van der Waals surface area contributed by atoms with E-state index in [1.54, 1.807) is 0 Å². The van der Waals surface area contributed by atoms with Crippen LogP contribution in [0.25, 0.3) is 0 Å². The highest BCUT2D eigenvalue weighted by Gasteiger charge is 2.41. The van der Waals surface area contributed by atoms with Gasteiger partial charge >= 0.3 is 0 Å². The number of ether oxygens (including phenoxy) is 1. The molecule has 90 valence electrons. The highest BCUT2D eigenvalue weighted by Crippen LogP contribution is 2.42. The van der Waals surface area contributed by atoms with Gasteiger partial charge in [-0.3, -0.25) is 0 Å². The van der Waals surface area contributed by atoms with Crippen molar-refractivity contribution in [3.8, 4) is 0 Å². The molecule has 2 aliphatic carbocycles. The van der Waals surface area contributed by atoms with E-state index >= 15 is 0 Å². The molecule has 2 heteroatoms. The standard InChI is InChI=1S/C15H19NO/c1-2-4-12-10(3-1)7-8-13-15(12)17-14(9-16-13)11-5-6-11/h1-4,11,13-16H,5-9H2. The Morgan fingerprint density at radius 2 is 2.00 bits per heavy atom. The third kappa shape index (κ3) is 1.71. The molecule has 3 atom stereocenters. The van der Waals surface area contributed by atoms with Crippen LogP contribution in [-0.4, -0.2) is 18.7 Å². The monoisotopic (exact) mass is 229 g/mol. The van der Waals surface area contributed by atoms with E-state index in [9.17, 15) is 0 Å². The van der Waals surface area contributed by atoms with Gasteiger partial charge in [-0.2, -0.15) is 0 Å². The molecular weight excluding hydrogens is 210 g/mol. The van der Waals surface area contributed by atoms with E-state index in [-0.39, 0.29) is 0 Å². The predicted molar refractivity (Wildman–Crippen MR) is 66.9 cm³/mol. The lowest BCUT2D eigenvalue weighted by Crippen LogP contribution is -2.50. The number of benzene rings is 1. The van der Waals surface area contributed by atoms with Gasteiger partial charge < -0.3 is 10.1 Å². The minimum atomic E-state index is 0.305. The van der Waals surface area contributed by atoms with Crippen molar-refractivity contribution in [1.29, 1.82) is 0 Å². The smallest absolute Gasteiger partial charge is 0.0985 e. The van der Waals surface area contributed by atoms with Crippen LogP contribution in [0.3, 0.4) is 0 Å². The summed E-state index contributed by atoms with van der Waals surface area (Å²) in [4.78, 5) is 0. The third-order valence-electron chi connectivity index (χ3n) is 4.50. The molecule has 1 heterocycles. The van der Waals surface area contributed by atoms with Gasteiger partial charge in [0.25, 0.3) is 0 Å². The molecule has 3 unspecified atom stereocenters. The Hall–Kier alpha value is -0.860. The number of morpholine rings is 1. The fourth-order valence-corrected chi connectivity index (χ4v) is 3.35. The summed E-state index contributed by atoms with van der Waals surface area (Å²) in [6, 6.07) is 9.35. The Bertz CT molecular complexity index is 427. The molecule has 1 saturated carbocycles. The number of fused-ring (bicyclic) bond motifs is 3. The lowest BCUT2D eigenvalue weighted by Gasteiger charge is -2.41. The number of hydrogen-bond acceptors (Lipinski definition) is 2. The first-order chi connectivity index (χ1) is 8.42. The first kappa shape index (κ1) is 10.1. The second-order valence-corrected chi connectivity index (χ2v) is 5.68. The second kappa shape index (κ2) is 3.82. The Labute approximate surface area is 102 Å². The normalized spacial score (nSPS) is 36.1. The highest BCUT2D eigenvalue weighted by molar-refractivity contribution is 5.33. The van der Waals surface area contributed by atoms with Gasteiger partial charge in [-0.05, 0) is 42.7 Å². The summed E-state index contributed by atoms with van der Waals surface area (Å²) in [6.07, 6.45) is 5.92. The van der Waals surface area contributed by atoms with Crippen LogP contribution in [0.4, 0.5) is 0 Å². The van der Waals surface area contributed by atoms with E-state index in [0.717, 1.165) is 12.5 Å². The predicted octanol–water partition coefficient (Wildman–Crippen LogP) is 2.44. The molecule has 1 N–H and O–H groups in total. The van der Waals surface area contributed by atoms with Gasteiger partial charge in [0.05, 0.1) is 12.2 Å². The van der Waals surface area contributed by atoms with Gasteiger partial charge in [0.1, 0.15) is 0 Å². The molecule has 0 spiro atoms.